The average molecular weight is 342 g/mol. The number of fused-ring (bicyclic) bond motifs is 1. The molecular weight excluding hydrogens is 326 g/mol. The molecule has 3 heteroatoms. The van der Waals surface area contributed by atoms with E-state index in [2.05, 4.69) is 34.1 Å². The van der Waals surface area contributed by atoms with Crippen molar-refractivity contribution in [3.05, 3.63) is 75.8 Å². The molecule has 2 nitrogen and oxygen atoms in total. The minimum atomic E-state index is 0.0736. The van der Waals surface area contributed by atoms with E-state index < -0.39 is 0 Å². The minimum absolute atomic E-state index is 0.0736. The first-order valence-electron chi connectivity index (χ1n) is 7.02. The Labute approximate surface area is 133 Å². The highest BCUT2D eigenvalue weighted by Crippen LogP contribution is 2.19. The Hall–Kier alpha value is -1.87. The van der Waals surface area contributed by atoms with Gasteiger partial charge in [0.15, 0.2) is 0 Å². The van der Waals surface area contributed by atoms with Crippen LogP contribution < -0.4 is 0 Å². The minimum Gasteiger partial charge on any atom is -0.334 e. The third-order valence-electron chi connectivity index (χ3n) is 3.71. The van der Waals surface area contributed by atoms with Gasteiger partial charge in [-0.15, -0.1) is 0 Å². The molecule has 1 heterocycles. The molecule has 0 fully saturated rings. The van der Waals surface area contributed by atoms with Crippen molar-refractivity contribution in [1.82, 2.24) is 4.90 Å². The van der Waals surface area contributed by atoms with Crippen LogP contribution in [0.4, 0.5) is 0 Å². The van der Waals surface area contributed by atoms with Gasteiger partial charge in [0.05, 0.1) is 0 Å². The standard InChI is InChI=1S/C18H16BrNO/c19-17-7-3-4-14(12-17)8-9-18(21)20-11-10-15-5-1-2-6-16(15)13-20/h1-9,12H,10-11,13H2/b9-8+. The Bertz CT molecular complexity index is 693. The molecule has 0 unspecified atom stereocenters. The third kappa shape index (κ3) is 3.42. The van der Waals surface area contributed by atoms with E-state index in [4.69, 9.17) is 0 Å². The quantitative estimate of drug-likeness (QED) is 0.754. The van der Waals surface area contributed by atoms with Gasteiger partial charge in [0, 0.05) is 23.6 Å². The third-order valence-corrected chi connectivity index (χ3v) is 4.20. The summed E-state index contributed by atoms with van der Waals surface area (Å²) in [7, 11) is 0. The van der Waals surface area contributed by atoms with Crippen molar-refractivity contribution in [3.63, 3.8) is 0 Å². The molecule has 0 saturated carbocycles. The van der Waals surface area contributed by atoms with Crippen LogP contribution in [0.15, 0.2) is 59.1 Å². The van der Waals surface area contributed by atoms with Crippen LogP contribution in [-0.4, -0.2) is 17.4 Å². The molecule has 0 aromatic heterocycles. The molecule has 1 aliphatic rings. The molecule has 3 rings (SSSR count). The largest absolute Gasteiger partial charge is 0.334 e. The summed E-state index contributed by atoms with van der Waals surface area (Å²) in [5.74, 6) is 0.0736. The topological polar surface area (TPSA) is 20.3 Å². The zero-order chi connectivity index (χ0) is 14.7. The number of hydrogen-bond acceptors (Lipinski definition) is 1. The van der Waals surface area contributed by atoms with E-state index in [1.165, 1.54) is 11.1 Å². The lowest BCUT2D eigenvalue weighted by Crippen LogP contribution is -2.34. The van der Waals surface area contributed by atoms with E-state index in [1.807, 2.05) is 41.3 Å². The van der Waals surface area contributed by atoms with Gasteiger partial charge in [-0.05, 0) is 41.3 Å². The van der Waals surface area contributed by atoms with Gasteiger partial charge in [-0.25, -0.2) is 0 Å². The second-order valence-corrected chi connectivity index (χ2v) is 6.08. The van der Waals surface area contributed by atoms with E-state index in [0.717, 1.165) is 23.0 Å². The maximum atomic E-state index is 12.3. The van der Waals surface area contributed by atoms with Crippen LogP contribution >= 0.6 is 15.9 Å². The number of hydrogen-bond donors (Lipinski definition) is 0. The molecule has 0 N–H and O–H groups in total. The van der Waals surface area contributed by atoms with Crippen molar-refractivity contribution >= 4 is 27.9 Å². The van der Waals surface area contributed by atoms with E-state index in [1.54, 1.807) is 6.08 Å². The number of carbonyl (C=O) groups excluding carboxylic acids is 1. The summed E-state index contributed by atoms with van der Waals surface area (Å²) >= 11 is 3.43. The van der Waals surface area contributed by atoms with Gasteiger partial charge in [-0.3, -0.25) is 4.79 Å². The second-order valence-electron chi connectivity index (χ2n) is 5.17. The molecule has 0 radical (unpaired) electrons. The zero-order valence-corrected chi connectivity index (χ0v) is 13.2. The fourth-order valence-corrected chi connectivity index (χ4v) is 2.98. The van der Waals surface area contributed by atoms with Crippen LogP contribution in [-0.2, 0) is 17.8 Å². The van der Waals surface area contributed by atoms with E-state index >= 15 is 0 Å². The van der Waals surface area contributed by atoms with Gasteiger partial charge in [0.1, 0.15) is 0 Å². The van der Waals surface area contributed by atoms with Crippen LogP contribution in [0.2, 0.25) is 0 Å². The van der Waals surface area contributed by atoms with Crippen LogP contribution in [0, 0.1) is 0 Å². The Morgan fingerprint density at radius 1 is 1.10 bits per heavy atom. The number of halogens is 1. The van der Waals surface area contributed by atoms with E-state index in [0.29, 0.717) is 6.54 Å². The van der Waals surface area contributed by atoms with E-state index in [-0.39, 0.29) is 5.91 Å². The first-order chi connectivity index (χ1) is 10.2. The lowest BCUT2D eigenvalue weighted by atomic mass is 10.00. The Morgan fingerprint density at radius 3 is 2.71 bits per heavy atom. The highest BCUT2D eigenvalue weighted by molar-refractivity contribution is 9.10. The predicted octanol–water partition coefficient (Wildman–Crippen LogP) is 4.05. The Kier molecular flexibility index (Phi) is 4.20. The molecule has 1 amide bonds. The normalized spacial score (nSPS) is 14.2. The van der Waals surface area contributed by atoms with Gasteiger partial charge < -0.3 is 4.90 Å². The Balaban J connectivity index is 1.69. The van der Waals surface area contributed by atoms with E-state index in [9.17, 15) is 4.79 Å². The van der Waals surface area contributed by atoms with Gasteiger partial charge in [-0.2, -0.15) is 0 Å². The fraction of sp³-hybridized carbons (Fsp3) is 0.167. The number of benzene rings is 2. The summed E-state index contributed by atoms with van der Waals surface area (Å²) in [6, 6.07) is 16.3. The van der Waals surface area contributed by atoms with Crippen molar-refractivity contribution in [2.75, 3.05) is 6.54 Å². The highest BCUT2D eigenvalue weighted by atomic mass is 79.9. The molecule has 0 bridgehead atoms. The molecule has 0 aliphatic carbocycles. The highest BCUT2D eigenvalue weighted by Gasteiger charge is 2.18. The lowest BCUT2D eigenvalue weighted by Gasteiger charge is -2.27. The summed E-state index contributed by atoms with van der Waals surface area (Å²) in [5, 5.41) is 0. The second kappa shape index (κ2) is 6.27. The lowest BCUT2D eigenvalue weighted by molar-refractivity contribution is -0.126. The average Bonchev–Trinajstić information content (AvgIpc) is 2.52. The number of amides is 1. The molecule has 21 heavy (non-hydrogen) atoms. The van der Waals surface area contributed by atoms with Crippen molar-refractivity contribution in [2.45, 2.75) is 13.0 Å². The summed E-state index contributed by atoms with van der Waals surface area (Å²) in [6.45, 7) is 1.50. The molecule has 1 aliphatic heterocycles. The van der Waals surface area contributed by atoms with Gasteiger partial charge >= 0.3 is 0 Å². The molecule has 0 saturated heterocycles. The molecule has 106 valence electrons. The molecule has 0 spiro atoms. The molecule has 0 atom stereocenters. The number of rotatable bonds is 2. The monoisotopic (exact) mass is 341 g/mol. The smallest absolute Gasteiger partial charge is 0.246 e. The molecule has 2 aromatic rings. The van der Waals surface area contributed by atoms with Crippen molar-refractivity contribution in [2.24, 2.45) is 0 Å². The van der Waals surface area contributed by atoms with Gasteiger partial charge in [0.25, 0.3) is 0 Å². The van der Waals surface area contributed by atoms with Crippen molar-refractivity contribution < 1.29 is 4.79 Å². The zero-order valence-electron chi connectivity index (χ0n) is 11.6. The summed E-state index contributed by atoms with van der Waals surface area (Å²) in [4.78, 5) is 14.2. The van der Waals surface area contributed by atoms with Crippen LogP contribution in [0.5, 0.6) is 0 Å². The first-order valence-corrected chi connectivity index (χ1v) is 7.81. The van der Waals surface area contributed by atoms with Crippen molar-refractivity contribution in [1.29, 1.82) is 0 Å². The SMILES string of the molecule is O=C(/C=C/c1cccc(Br)c1)N1CCc2ccccc2C1. The van der Waals surface area contributed by atoms with Crippen LogP contribution in [0.3, 0.4) is 0 Å². The van der Waals surface area contributed by atoms with Crippen LogP contribution in [0.1, 0.15) is 16.7 Å². The molecule has 2 aromatic carbocycles. The molecular formula is C18H16BrNO. The number of carbonyl (C=O) groups is 1. The Morgan fingerprint density at radius 2 is 1.90 bits per heavy atom. The first kappa shape index (κ1) is 14.1. The van der Waals surface area contributed by atoms with Gasteiger partial charge in [-0.1, -0.05) is 52.3 Å². The maximum absolute atomic E-state index is 12.3. The predicted molar refractivity (Wildman–Crippen MR) is 88.7 cm³/mol. The fourth-order valence-electron chi connectivity index (χ4n) is 2.57. The maximum Gasteiger partial charge on any atom is 0.246 e. The summed E-state index contributed by atoms with van der Waals surface area (Å²) in [5.41, 5.74) is 3.64. The summed E-state index contributed by atoms with van der Waals surface area (Å²) in [6.07, 6.45) is 4.47. The number of nitrogens with zero attached hydrogens (tertiary/aromatic N) is 1. The van der Waals surface area contributed by atoms with Gasteiger partial charge in [0.2, 0.25) is 5.91 Å². The van der Waals surface area contributed by atoms with Crippen molar-refractivity contribution in [3.8, 4) is 0 Å². The van der Waals surface area contributed by atoms with Crippen LogP contribution in [0.25, 0.3) is 6.08 Å². The summed E-state index contributed by atoms with van der Waals surface area (Å²) < 4.78 is 1.02.